The zero-order valence-electron chi connectivity index (χ0n) is 12.3. The van der Waals surface area contributed by atoms with E-state index in [9.17, 15) is 9.18 Å². The topological polar surface area (TPSA) is 58.6 Å². The first-order valence-corrected chi connectivity index (χ1v) is 7.30. The number of carbonyl (C=O) groups excluding carboxylic acids is 1. The van der Waals surface area contributed by atoms with E-state index in [0.29, 0.717) is 44.2 Å². The summed E-state index contributed by atoms with van der Waals surface area (Å²) in [5.74, 6) is -0.0291. The van der Waals surface area contributed by atoms with Crippen molar-refractivity contribution in [3.05, 3.63) is 17.8 Å². The van der Waals surface area contributed by atoms with Crippen LogP contribution < -0.4 is 4.90 Å². The van der Waals surface area contributed by atoms with Gasteiger partial charge in [-0.15, -0.1) is 0 Å². The lowest BCUT2D eigenvalue weighted by atomic mass is 9.93. The van der Waals surface area contributed by atoms with Gasteiger partial charge in [-0.1, -0.05) is 13.8 Å². The lowest BCUT2D eigenvalue weighted by Gasteiger charge is -2.44. The molecule has 1 aromatic rings. The van der Waals surface area contributed by atoms with Crippen LogP contribution in [0.15, 0.2) is 6.33 Å². The summed E-state index contributed by atoms with van der Waals surface area (Å²) < 4.78 is 19.6. The van der Waals surface area contributed by atoms with Gasteiger partial charge >= 0.3 is 6.09 Å². The first-order valence-electron chi connectivity index (χ1n) is 7.30. The van der Waals surface area contributed by atoms with Crippen LogP contribution in [0, 0.1) is 5.82 Å². The van der Waals surface area contributed by atoms with Crippen molar-refractivity contribution in [3.63, 3.8) is 0 Å². The fraction of sp³-hybridized carbons (Fsp3) is 0.643. The average Bonchev–Trinajstić information content (AvgIpc) is 2.85. The molecule has 7 heteroatoms. The lowest BCUT2D eigenvalue weighted by Crippen LogP contribution is -2.61. The van der Waals surface area contributed by atoms with E-state index in [2.05, 4.69) is 9.97 Å². The van der Waals surface area contributed by atoms with Gasteiger partial charge in [-0.05, 0) is 12.8 Å². The summed E-state index contributed by atoms with van der Waals surface area (Å²) in [7, 11) is 0. The van der Waals surface area contributed by atoms with Gasteiger partial charge in [-0.2, -0.15) is 0 Å². The van der Waals surface area contributed by atoms with Crippen LogP contribution in [0.4, 0.5) is 15.0 Å². The molecule has 1 aromatic heterocycles. The molecule has 0 aromatic carbocycles. The molecule has 3 rings (SSSR count). The third kappa shape index (κ3) is 2.11. The molecule has 0 bridgehead atoms. The van der Waals surface area contributed by atoms with E-state index in [1.807, 2.05) is 18.7 Å². The van der Waals surface area contributed by atoms with Gasteiger partial charge in [0, 0.05) is 19.6 Å². The molecule has 0 N–H and O–H groups in total. The number of hydrogen-bond donors (Lipinski definition) is 0. The van der Waals surface area contributed by atoms with Crippen LogP contribution in [-0.2, 0) is 11.2 Å². The van der Waals surface area contributed by atoms with Gasteiger partial charge in [0.1, 0.15) is 12.9 Å². The van der Waals surface area contributed by atoms with E-state index in [4.69, 9.17) is 4.74 Å². The Morgan fingerprint density at radius 3 is 2.90 bits per heavy atom. The number of fused-ring (bicyclic) bond motifs is 1. The number of hydrogen-bond acceptors (Lipinski definition) is 5. The normalized spacial score (nSPS) is 25.0. The summed E-state index contributed by atoms with van der Waals surface area (Å²) in [5, 5.41) is 0. The zero-order chi connectivity index (χ0) is 15.0. The van der Waals surface area contributed by atoms with Gasteiger partial charge in [-0.3, -0.25) is 4.90 Å². The quantitative estimate of drug-likeness (QED) is 0.847. The minimum atomic E-state index is -0.376. The Balaban J connectivity index is 1.90. The van der Waals surface area contributed by atoms with Crippen molar-refractivity contribution in [1.29, 1.82) is 0 Å². The van der Waals surface area contributed by atoms with Crippen LogP contribution >= 0.6 is 0 Å². The molecule has 2 aliphatic heterocycles. The van der Waals surface area contributed by atoms with Gasteiger partial charge in [0.05, 0.1) is 11.2 Å². The van der Waals surface area contributed by atoms with Crippen molar-refractivity contribution in [2.24, 2.45) is 0 Å². The Kier molecular flexibility index (Phi) is 3.43. The average molecular weight is 294 g/mol. The maximum atomic E-state index is 14.4. The van der Waals surface area contributed by atoms with Crippen molar-refractivity contribution < 1.29 is 13.9 Å². The molecule has 0 aliphatic carbocycles. The number of carbonyl (C=O) groups is 1. The fourth-order valence-electron chi connectivity index (χ4n) is 3.11. The van der Waals surface area contributed by atoms with E-state index in [-0.39, 0.29) is 17.4 Å². The summed E-state index contributed by atoms with van der Waals surface area (Å²) in [6.45, 7) is 5.85. The minimum Gasteiger partial charge on any atom is -0.447 e. The van der Waals surface area contributed by atoms with Crippen molar-refractivity contribution in [2.45, 2.75) is 32.2 Å². The minimum absolute atomic E-state index is 0.270. The monoisotopic (exact) mass is 294 g/mol. The summed E-state index contributed by atoms with van der Waals surface area (Å²) in [6.07, 6.45) is 2.43. The molecule has 0 spiro atoms. The zero-order valence-corrected chi connectivity index (χ0v) is 12.3. The van der Waals surface area contributed by atoms with Crippen LogP contribution in [0.25, 0.3) is 0 Å². The summed E-state index contributed by atoms with van der Waals surface area (Å²) in [6, 6.07) is 0. The molecular formula is C14H19FN4O2. The number of ether oxygens (including phenoxy) is 1. The van der Waals surface area contributed by atoms with Gasteiger partial charge in [-0.25, -0.2) is 19.2 Å². The summed E-state index contributed by atoms with van der Waals surface area (Å²) in [4.78, 5) is 23.5. The van der Waals surface area contributed by atoms with Crippen LogP contribution in [-0.4, -0.2) is 52.7 Å². The molecular weight excluding hydrogens is 275 g/mol. The third-order valence-electron chi connectivity index (χ3n) is 4.47. The van der Waals surface area contributed by atoms with Gasteiger partial charge in [0.2, 0.25) is 0 Å². The van der Waals surface area contributed by atoms with E-state index < -0.39 is 0 Å². The number of aryl methyl sites for hydroxylation is 1. The molecule has 2 saturated heterocycles. The van der Waals surface area contributed by atoms with Gasteiger partial charge in [0.25, 0.3) is 0 Å². The highest BCUT2D eigenvalue weighted by Gasteiger charge is 2.50. The maximum absolute atomic E-state index is 14.4. The predicted molar refractivity (Wildman–Crippen MR) is 74.7 cm³/mol. The highest BCUT2D eigenvalue weighted by Crippen LogP contribution is 2.33. The van der Waals surface area contributed by atoms with Crippen molar-refractivity contribution in [3.8, 4) is 0 Å². The molecule has 3 heterocycles. The number of halogens is 1. The standard InChI is InChI=1S/C14H19FN4O2/c1-3-10-11(15)12(17-9-16-10)18-5-6-19-13(20)21-8-14(19,4-2)7-18/h9H,3-8H2,1-2H3. The first-order chi connectivity index (χ1) is 10.1. The molecule has 1 amide bonds. The number of aromatic nitrogens is 2. The van der Waals surface area contributed by atoms with E-state index in [0.717, 1.165) is 6.42 Å². The molecule has 0 radical (unpaired) electrons. The maximum Gasteiger partial charge on any atom is 0.410 e. The molecule has 0 saturated carbocycles. The second kappa shape index (κ2) is 5.13. The van der Waals surface area contributed by atoms with Crippen molar-refractivity contribution >= 4 is 11.9 Å². The lowest BCUT2D eigenvalue weighted by molar-refractivity contribution is 0.137. The predicted octanol–water partition coefficient (Wildman–Crippen LogP) is 1.60. The third-order valence-corrected chi connectivity index (χ3v) is 4.47. The smallest absolute Gasteiger partial charge is 0.410 e. The number of piperazine rings is 1. The Morgan fingerprint density at radius 2 is 2.19 bits per heavy atom. The summed E-state index contributed by atoms with van der Waals surface area (Å²) >= 11 is 0. The largest absolute Gasteiger partial charge is 0.447 e. The van der Waals surface area contributed by atoms with Gasteiger partial charge in [0.15, 0.2) is 11.6 Å². The SMILES string of the molecule is CCc1ncnc(N2CCN3C(=O)OCC3(CC)C2)c1F. The van der Waals surface area contributed by atoms with E-state index >= 15 is 0 Å². The van der Waals surface area contributed by atoms with Gasteiger partial charge < -0.3 is 9.64 Å². The second-order valence-electron chi connectivity index (χ2n) is 5.52. The Bertz CT molecular complexity index is 568. The van der Waals surface area contributed by atoms with Crippen LogP contribution in [0.3, 0.4) is 0 Å². The van der Waals surface area contributed by atoms with Crippen molar-refractivity contribution in [1.82, 2.24) is 14.9 Å². The molecule has 1 unspecified atom stereocenters. The second-order valence-corrected chi connectivity index (χ2v) is 5.52. The Labute approximate surface area is 122 Å². The first kappa shape index (κ1) is 14.0. The fourth-order valence-corrected chi connectivity index (χ4v) is 3.11. The molecule has 21 heavy (non-hydrogen) atoms. The highest BCUT2D eigenvalue weighted by atomic mass is 19.1. The summed E-state index contributed by atoms with van der Waals surface area (Å²) in [5.41, 5.74) is 0.0470. The molecule has 2 aliphatic rings. The number of amides is 1. The van der Waals surface area contributed by atoms with Crippen molar-refractivity contribution in [2.75, 3.05) is 31.1 Å². The highest BCUT2D eigenvalue weighted by molar-refractivity contribution is 5.72. The van der Waals surface area contributed by atoms with Crippen LogP contribution in [0.1, 0.15) is 26.0 Å². The molecule has 114 valence electrons. The van der Waals surface area contributed by atoms with E-state index in [1.165, 1.54) is 6.33 Å². The Morgan fingerprint density at radius 1 is 1.38 bits per heavy atom. The number of cyclic esters (lactones) is 1. The van der Waals surface area contributed by atoms with Crippen LogP contribution in [0.5, 0.6) is 0 Å². The molecule has 2 fully saturated rings. The number of nitrogens with zero attached hydrogens (tertiary/aromatic N) is 4. The van der Waals surface area contributed by atoms with Crippen LogP contribution in [0.2, 0.25) is 0 Å². The number of rotatable bonds is 3. The number of anilines is 1. The Hall–Kier alpha value is -1.92. The van der Waals surface area contributed by atoms with E-state index in [1.54, 1.807) is 4.90 Å². The molecule has 6 nitrogen and oxygen atoms in total. The molecule has 1 atom stereocenters.